The topological polar surface area (TPSA) is 40.7 Å². The first-order valence-electron chi connectivity index (χ1n) is 12.8. The lowest BCUT2D eigenvalue weighted by Gasteiger charge is -2.12. The smallest absolute Gasteiger partial charge is 0.215 e. The SMILES string of the molecule is COc1ccc(CCn2c(-c3ccccc3)cn3c(-c4ccccc4)c(-c4ccccc4)nc23)cc1OC. The zero-order valence-electron chi connectivity index (χ0n) is 21.5. The van der Waals surface area contributed by atoms with Crippen molar-refractivity contribution in [3.05, 3.63) is 121 Å². The molecule has 188 valence electrons. The molecule has 0 saturated carbocycles. The molecule has 6 aromatic rings. The number of nitrogens with zero attached hydrogens (tertiary/aromatic N) is 3. The summed E-state index contributed by atoms with van der Waals surface area (Å²) in [5.74, 6) is 2.39. The van der Waals surface area contributed by atoms with E-state index >= 15 is 0 Å². The fourth-order valence-corrected chi connectivity index (χ4v) is 5.04. The average molecular weight is 500 g/mol. The van der Waals surface area contributed by atoms with Gasteiger partial charge >= 0.3 is 0 Å². The molecule has 0 spiro atoms. The van der Waals surface area contributed by atoms with Crippen LogP contribution in [0.2, 0.25) is 0 Å². The summed E-state index contributed by atoms with van der Waals surface area (Å²) in [5.41, 5.74) is 7.76. The molecule has 0 aliphatic heterocycles. The number of benzene rings is 4. The molecule has 0 N–H and O–H groups in total. The molecule has 2 heterocycles. The number of hydrogen-bond donors (Lipinski definition) is 0. The van der Waals surface area contributed by atoms with Crippen LogP contribution in [0.25, 0.3) is 39.5 Å². The lowest BCUT2D eigenvalue weighted by molar-refractivity contribution is 0.354. The van der Waals surface area contributed by atoms with Crippen LogP contribution in [0.5, 0.6) is 11.5 Å². The standard InChI is InChI=1S/C33H29N3O2/c1-37-29-19-18-24(22-30(29)38-2)20-21-35-28(25-12-6-3-7-13-25)23-36-32(27-16-10-5-11-17-27)31(34-33(35)36)26-14-8-4-9-15-26/h3-19,22-23H,20-21H2,1-2H3. The Morgan fingerprint density at radius 2 is 1.26 bits per heavy atom. The summed E-state index contributed by atoms with van der Waals surface area (Å²) >= 11 is 0. The van der Waals surface area contributed by atoms with E-state index in [0.29, 0.717) is 0 Å². The van der Waals surface area contributed by atoms with E-state index in [1.165, 1.54) is 5.56 Å². The first-order valence-corrected chi connectivity index (χ1v) is 12.8. The van der Waals surface area contributed by atoms with Crippen LogP contribution in [-0.4, -0.2) is 28.2 Å². The van der Waals surface area contributed by atoms with E-state index < -0.39 is 0 Å². The number of ether oxygens (including phenoxy) is 2. The summed E-state index contributed by atoms with van der Waals surface area (Å²) in [6.07, 6.45) is 3.04. The van der Waals surface area contributed by atoms with Gasteiger partial charge in [-0.3, -0.25) is 4.40 Å². The Balaban J connectivity index is 1.52. The van der Waals surface area contributed by atoms with Crippen molar-refractivity contribution in [1.29, 1.82) is 0 Å². The van der Waals surface area contributed by atoms with Crippen molar-refractivity contribution >= 4 is 5.78 Å². The molecule has 5 heteroatoms. The van der Waals surface area contributed by atoms with E-state index in [9.17, 15) is 0 Å². The zero-order valence-corrected chi connectivity index (χ0v) is 21.5. The highest BCUT2D eigenvalue weighted by Crippen LogP contribution is 2.36. The highest BCUT2D eigenvalue weighted by molar-refractivity contribution is 5.82. The molecule has 0 aliphatic rings. The molecule has 4 aromatic carbocycles. The predicted octanol–water partition coefficient (Wildman–Crippen LogP) is 7.40. The Kier molecular flexibility index (Phi) is 6.40. The van der Waals surface area contributed by atoms with Crippen LogP contribution in [0.1, 0.15) is 5.56 Å². The van der Waals surface area contributed by atoms with Crippen molar-refractivity contribution in [2.75, 3.05) is 14.2 Å². The van der Waals surface area contributed by atoms with E-state index in [2.05, 4.69) is 106 Å². The summed E-state index contributed by atoms with van der Waals surface area (Å²) in [4.78, 5) is 5.26. The Morgan fingerprint density at radius 1 is 0.658 bits per heavy atom. The fraction of sp³-hybridized carbons (Fsp3) is 0.121. The van der Waals surface area contributed by atoms with Gasteiger partial charge in [0, 0.05) is 23.9 Å². The third-order valence-corrected chi connectivity index (χ3v) is 6.91. The average Bonchev–Trinajstić information content (AvgIpc) is 3.53. The van der Waals surface area contributed by atoms with Crippen LogP contribution in [0, 0.1) is 0 Å². The van der Waals surface area contributed by atoms with E-state index in [1.54, 1.807) is 14.2 Å². The Morgan fingerprint density at radius 3 is 1.89 bits per heavy atom. The van der Waals surface area contributed by atoms with Crippen molar-refractivity contribution < 1.29 is 9.47 Å². The predicted molar refractivity (Wildman–Crippen MR) is 153 cm³/mol. The number of aryl methyl sites for hydroxylation is 2. The zero-order chi connectivity index (χ0) is 25.9. The summed E-state index contributed by atoms with van der Waals surface area (Å²) in [6, 6.07) is 37.6. The molecule has 38 heavy (non-hydrogen) atoms. The molecule has 5 nitrogen and oxygen atoms in total. The number of methoxy groups -OCH3 is 2. The molecule has 0 amide bonds. The largest absolute Gasteiger partial charge is 0.493 e. The minimum Gasteiger partial charge on any atom is -0.493 e. The molecular formula is C33H29N3O2. The fourth-order valence-electron chi connectivity index (χ4n) is 5.04. The molecule has 0 radical (unpaired) electrons. The molecule has 0 atom stereocenters. The molecule has 0 fully saturated rings. The van der Waals surface area contributed by atoms with Crippen LogP contribution in [0.15, 0.2) is 115 Å². The van der Waals surface area contributed by atoms with Crippen LogP contribution in [0.3, 0.4) is 0 Å². The first kappa shape index (κ1) is 23.6. The maximum absolute atomic E-state index is 5.55. The van der Waals surface area contributed by atoms with E-state index in [1.807, 2.05) is 18.2 Å². The van der Waals surface area contributed by atoms with Crippen molar-refractivity contribution in [2.45, 2.75) is 13.0 Å². The Labute approximate surface area is 222 Å². The molecule has 0 bridgehead atoms. The van der Waals surface area contributed by atoms with Crippen LogP contribution in [-0.2, 0) is 13.0 Å². The molecule has 0 saturated heterocycles. The second-order valence-electron chi connectivity index (χ2n) is 9.18. The van der Waals surface area contributed by atoms with Crippen molar-refractivity contribution in [2.24, 2.45) is 0 Å². The molecule has 6 rings (SSSR count). The summed E-state index contributed by atoms with van der Waals surface area (Å²) in [6.45, 7) is 0.760. The van der Waals surface area contributed by atoms with Gasteiger partial charge in [-0.05, 0) is 29.7 Å². The van der Waals surface area contributed by atoms with Gasteiger partial charge < -0.3 is 14.0 Å². The summed E-state index contributed by atoms with van der Waals surface area (Å²) < 4.78 is 15.5. The number of hydrogen-bond acceptors (Lipinski definition) is 3. The molecule has 0 unspecified atom stereocenters. The van der Waals surface area contributed by atoms with Crippen molar-refractivity contribution in [3.63, 3.8) is 0 Å². The third kappa shape index (κ3) is 4.33. The minimum atomic E-state index is 0.734. The Hall–Kier alpha value is -4.77. The quantitative estimate of drug-likeness (QED) is 0.219. The van der Waals surface area contributed by atoms with Crippen LogP contribution < -0.4 is 9.47 Å². The highest BCUT2D eigenvalue weighted by atomic mass is 16.5. The van der Waals surface area contributed by atoms with Gasteiger partial charge in [-0.25, -0.2) is 4.98 Å². The molecule has 2 aromatic heterocycles. The van der Waals surface area contributed by atoms with Gasteiger partial charge in [0.2, 0.25) is 5.78 Å². The van der Waals surface area contributed by atoms with Gasteiger partial charge in [0.25, 0.3) is 0 Å². The van der Waals surface area contributed by atoms with Gasteiger partial charge in [-0.2, -0.15) is 0 Å². The van der Waals surface area contributed by atoms with Gasteiger partial charge in [-0.1, -0.05) is 97.1 Å². The van der Waals surface area contributed by atoms with Crippen LogP contribution >= 0.6 is 0 Å². The first-order chi connectivity index (χ1) is 18.8. The van der Waals surface area contributed by atoms with Crippen molar-refractivity contribution in [3.8, 4) is 45.3 Å². The number of rotatable bonds is 8. The lowest BCUT2D eigenvalue weighted by Crippen LogP contribution is -2.04. The van der Waals surface area contributed by atoms with E-state index in [-0.39, 0.29) is 0 Å². The Bertz CT molecular complexity index is 1670. The van der Waals surface area contributed by atoms with E-state index in [0.717, 1.165) is 64.0 Å². The number of imidazole rings is 2. The number of fused-ring (bicyclic) bond motifs is 1. The maximum Gasteiger partial charge on any atom is 0.215 e. The normalized spacial score (nSPS) is 11.1. The number of aromatic nitrogens is 3. The van der Waals surface area contributed by atoms with Crippen molar-refractivity contribution in [1.82, 2.24) is 14.0 Å². The monoisotopic (exact) mass is 499 g/mol. The van der Waals surface area contributed by atoms with Gasteiger partial charge in [-0.15, -0.1) is 0 Å². The minimum absolute atomic E-state index is 0.734. The third-order valence-electron chi connectivity index (χ3n) is 6.91. The highest BCUT2D eigenvalue weighted by Gasteiger charge is 2.21. The summed E-state index contributed by atoms with van der Waals surface area (Å²) in [5, 5.41) is 0. The molecular weight excluding hydrogens is 470 g/mol. The second kappa shape index (κ2) is 10.3. The van der Waals surface area contributed by atoms with Gasteiger partial charge in [0.05, 0.1) is 31.3 Å². The maximum atomic E-state index is 5.55. The van der Waals surface area contributed by atoms with Crippen LogP contribution in [0.4, 0.5) is 0 Å². The molecule has 0 aliphatic carbocycles. The van der Waals surface area contributed by atoms with Gasteiger partial charge in [0.1, 0.15) is 0 Å². The van der Waals surface area contributed by atoms with E-state index in [4.69, 9.17) is 14.5 Å². The summed E-state index contributed by atoms with van der Waals surface area (Å²) in [7, 11) is 3.33. The van der Waals surface area contributed by atoms with Gasteiger partial charge in [0.15, 0.2) is 11.5 Å². The second-order valence-corrected chi connectivity index (χ2v) is 9.18. The lowest BCUT2D eigenvalue weighted by atomic mass is 10.0.